The van der Waals surface area contributed by atoms with Gasteiger partial charge in [0.1, 0.15) is 10.7 Å². The first-order valence-electron chi connectivity index (χ1n) is 6.67. The quantitative estimate of drug-likeness (QED) is 0.562. The van der Waals surface area contributed by atoms with Crippen molar-refractivity contribution in [2.24, 2.45) is 0 Å². The van der Waals surface area contributed by atoms with E-state index in [0.717, 1.165) is 16.0 Å². The lowest BCUT2D eigenvalue weighted by molar-refractivity contribution is 0.718. The van der Waals surface area contributed by atoms with Crippen LogP contribution in [0.5, 0.6) is 0 Å². The standard InChI is InChI=1S/C16H15N3OS/c1-2-8-17-9-13-18-15(20)14-12(10-21-16(14)19-13)11-6-4-3-5-7-11/h2-7,10,17H,1,8-9H2,(H,18,19,20). The van der Waals surface area contributed by atoms with Crippen molar-refractivity contribution >= 4 is 21.6 Å². The number of aromatic nitrogens is 2. The molecule has 0 radical (unpaired) electrons. The molecule has 0 unspecified atom stereocenters. The van der Waals surface area contributed by atoms with Crippen LogP contribution in [0.1, 0.15) is 5.82 Å². The lowest BCUT2D eigenvalue weighted by Crippen LogP contribution is -2.19. The van der Waals surface area contributed by atoms with Gasteiger partial charge in [0.15, 0.2) is 0 Å². The van der Waals surface area contributed by atoms with Crippen molar-refractivity contribution in [3.8, 4) is 11.1 Å². The van der Waals surface area contributed by atoms with Gasteiger partial charge in [-0.3, -0.25) is 4.79 Å². The van der Waals surface area contributed by atoms with Crippen LogP contribution in [0.25, 0.3) is 21.3 Å². The molecule has 0 aliphatic heterocycles. The number of fused-ring (bicyclic) bond motifs is 1. The van der Waals surface area contributed by atoms with Crippen molar-refractivity contribution in [3.05, 3.63) is 64.5 Å². The molecule has 3 aromatic rings. The Labute approximate surface area is 126 Å². The maximum absolute atomic E-state index is 12.4. The Morgan fingerprint density at radius 1 is 1.33 bits per heavy atom. The predicted molar refractivity (Wildman–Crippen MR) is 87.6 cm³/mol. The fourth-order valence-corrected chi connectivity index (χ4v) is 3.17. The Morgan fingerprint density at radius 2 is 2.14 bits per heavy atom. The van der Waals surface area contributed by atoms with Crippen LogP contribution in [0.4, 0.5) is 0 Å². The lowest BCUT2D eigenvalue weighted by Gasteiger charge is -2.02. The second-order valence-electron chi connectivity index (χ2n) is 4.63. The third-order valence-electron chi connectivity index (χ3n) is 3.16. The molecule has 106 valence electrons. The van der Waals surface area contributed by atoms with Gasteiger partial charge in [0.25, 0.3) is 5.56 Å². The van der Waals surface area contributed by atoms with Crippen LogP contribution in [0.3, 0.4) is 0 Å². The number of hydrogen-bond donors (Lipinski definition) is 2. The summed E-state index contributed by atoms with van der Waals surface area (Å²) in [4.78, 5) is 20.5. The van der Waals surface area contributed by atoms with Gasteiger partial charge >= 0.3 is 0 Å². The molecule has 0 bridgehead atoms. The normalized spacial score (nSPS) is 10.9. The number of H-pyrrole nitrogens is 1. The molecule has 0 atom stereocenters. The van der Waals surface area contributed by atoms with E-state index in [0.29, 0.717) is 24.3 Å². The minimum atomic E-state index is -0.0875. The fraction of sp³-hybridized carbons (Fsp3) is 0.125. The van der Waals surface area contributed by atoms with Gasteiger partial charge < -0.3 is 10.3 Å². The predicted octanol–water partition coefficient (Wildman–Crippen LogP) is 2.93. The summed E-state index contributed by atoms with van der Waals surface area (Å²) in [7, 11) is 0. The molecule has 2 N–H and O–H groups in total. The van der Waals surface area contributed by atoms with Crippen molar-refractivity contribution in [2.75, 3.05) is 6.54 Å². The first-order valence-corrected chi connectivity index (χ1v) is 7.55. The molecular weight excluding hydrogens is 282 g/mol. The summed E-state index contributed by atoms with van der Waals surface area (Å²) in [6.45, 7) is 4.85. The summed E-state index contributed by atoms with van der Waals surface area (Å²) >= 11 is 1.50. The van der Waals surface area contributed by atoms with Crippen molar-refractivity contribution < 1.29 is 0 Å². The molecule has 0 amide bonds. The van der Waals surface area contributed by atoms with Gasteiger partial charge in [-0.1, -0.05) is 36.4 Å². The Hall–Kier alpha value is -2.24. The van der Waals surface area contributed by atoms with Gasteiger partial charge in [0.05, 0.1) is 11.9 Å². The molecule has 4 nitrogen and oxygen atoms in total. The number of nitrogens with one attached hydrogen (secondary N) is 2. The van der Waals surface area contributed by atoms with Crippen molar-refractivity contribution in [1.29, 1.82) is 0 Å². The van der Waals surface area contributed by atoms with Crippen LogP contribution in [-0.2, 0) is 6.54 Å². The second kappa shape index (κ2) is 6.03. The summed E-state index contributed by atoms with van der Waals surface area (Å²) in [5.74, 6) is 0.649. The van der Waals surface area contributed by atoms with E-state index in [1.807, 2.05) is 35.7 Å². The minimum Gasteiger partial charge on any atom is -0.309 e. The zero-order chi connectivity index (χ0) is 14.7. The van der Waals surface area contributed by atoms with E-state index in [1.54, 1.807) is 6.08 Å². The van der Waals surface area contributed by atoms with Gasteiger partial charge in [-0.2, -0.15) is 0 Å². The molecule has 2 aromatic heterocycles. The number of hydrogen-bond acceptors (Lipinski definition) is 4. The van der Waals surface area contributed by atoms with Crippen LogP contribution in [0, 0.1) is 0 Å². The van der Waals surface area contributed by atoms with Crippen molar-refractivity contribution in [2.45, 2.75) is 6.54 Å². The van der Waals surface area contributed by atoms with Crippen LogP contribution < -0.4 is 10.9 Å². The van der Waals surface area contributed by atoms with E-state index >= 15 is 0 Å². The van der Waals surface area contributed by atoms with Gasteiger partial charge in [-0.25, -0.2) is 4.98 Å². The highest BCUT2D eigenvalue weighted by molar-refractivity contribution is 7.17. The summed E-state index contributed by atoms with van der Waals surface area (Å²) in [6.07, 6.45) is 1.77. The van der Waals surface area contributed by atoms with Crippen LogP contribution in [0.15, 0.2) is 53.2 Å². The molecule has 0 aliphatic carbocycles. The molecule has 0 saturated carbocycles. The van der Waals surface area contributed by atoms with Crippen LogP contribution in [0.2, 0.25) is 0 Å². The number of rotatable bonds is 5. The molecule has 5 heteroatoms. The van der Waals surface area contributed by atoms with E-state index in [1.165, 1.54) is 11.3 Å². The summed E-state index contributed by atoms with van der Waals surface area (Å²) in [6, 6.07) is 9.90. The fourth-order valence-electron chi connectivity index (χ4n) is 2.20. The molecule has 2 heterocycles. The van der Waals surface area contributed by atoms with Gasteiger partial charge in [-0.05, 0) is 5.56 Å². The summed E-state index contributed by atoms with van der Waals surface area (Å²) in [5.41, 5.74) is 1.89. The average molecular weight is 297 g/mol. The molecule has 0 fully saturated rings. The Kier molecular flexibility index (Phi) is 3.94. The molecule has 0 saturated heterocycles. The zero-order valence-electron chi connectivity index (χ0n) is 11.4. The third kappa shape index (κ3) is 2.79. The number of thiophene rings is 1. The van der Waals surface area contributed by atoms with E-state index in [-0.39, 0.29) is 5.56 Å². The SMILES string of the molecule is C=CCNCc1nc2scc(-c3ccccc3)c2c(=O)[nH]1. The number of nitrogens with zero attached hydrogens (tertiary/aromatic N) is 1. The average Bonchev–Trinajstić information content (AvgIpc) is 2.93. The highest BCUT2D eigenvalue weighted by Gasteiger charge is 2.12. The van der Waals surface area contributed by atoms with E-state index < -0.39 is 0 Å². The van der Waals surface area contributed by atoms with Crippen LogP contribution >= 0.6 is 11.3 Å². The van der Waals surface area contributed by atoms with Crippen molar-refractivity contribution in [3.63, 3.8) is 0 Å². The largest absolute Gasteiger partial charge is 0.309 e. The first kappa shape index (κ1) is 13.7. The Balaban J connectivity index is 2.03. The maximum Gasteiger partial charge on any atom is 0.260 e. The van der Waals surface area contributed by atoms with E-state index in [9.17, 15) is 4.79 Å². The lowest BCUT2D eigenvalue weighted by atomic mass is 10.1. The maximum atomic E-state index is 12.4. The highest BCUT2D eigenvalue weighted by Crippen LogP contribution is 2.30. The molecule has 0 spiro atoms. The Morgan fingerprint density at radius 3 is 2.90 bits per heavy atom. The molecule has 0 aliphatic rings. The first-order chi connectivity index (χ1) is 10.3. The smallest absolute Gasteiger partial charge is 0.260 e. The topological polar surface area (TPSA) is 57.8 Å². The second-order valence-corrected chi connectivity index (χ2v) is 5.49. The molecular formula is C16H15N3OS. The van der Waals surface area contributed by atoms with Gasteiger partial charge in [0.2, 0.25) is 0 Å². The number of aromatic amines is 1. The highest BCUT2D eigenvalue weighted by atomic mass is 32.1. The zero-order valence-corrected chi connectivity index (χ0v) is 12.2. The third-order valence-corrected chi connectivity index (χ3v) is 4.03. The monoisotopic (exact) mass is 297 g/mol. The molecule has 1 aromatic carbocycles. The van der Waals surface area contributed by atoms with Crippen molar-refractivity contribution in [1.82, 2.24) is 15.3 Å². The summed E-state index contributed by atoms with van der Waals surface area (Å²) < 4.78 is 0. The minimum absolute atomic E-state index is 0.0875. The Bertz CT molecular complexity index is 820. The van der Waals surface area contributed by atoms with Gasteiger partial charge in [-0.15, -0.1) is 17.9 Å². The van der Waals surface area contributed by atoms with E-state index in [2.05, 4.69) is 21.9 Å². The molecule has 3 rings (SSSR count). The van der Waals surface area contributed by atoms with Crippen LogP contribution in [-0.4, -0.2) is 16.5 Å². The molecule has 21 heavy (non-hydrogen) atoms. The number of benzene rings is 1. The van der Waals surface area contributed by atoms with E-state index in [4.69, 9.17) is 0 Å². The van der Waals surface area contributed by atoms with Gasteiger partial charge in [0, 0.05) is 17.5 Å². The summed E-state index contributed by atoms with van der Waals surface area (Å²) in [5, 5.41) is 5.79.